The Kier molecular flexibility index (Phi) is 3.99. The van der Waals surface area contributed by atoms with Crippen molar-refractivity contribution < 1.29 is 9.84 Å². The molecule has 0 heterocycles. The van der Waals surface area contributed by atoms with Gasteiger partial charge in [0.25, 0.3) is 0 Å². The fourth-order valence-electron chi connectivity index (χ4n) is 6.16. The number of aliphatic hydroxyl groups excluding tert-OH is 1. The Morgan fingerprint density at radius 1 is 1.42 bits per heavy atom. The second-order valence-electron chi connectivity index (χ2n) is 8.08. The van der Waals surface area contributed by atoms with Gasteiger partial charge in [0.2, 0.25) is 0 Å². The number of hydrogen-bond acceptors (Lipinski definition) is 2. The first kappa shape index (κ1) is 16.2. The van der Waals surface area contributed by atoms with Gasteiger partial charge in [-0.2, -0.15) is 0 Å². The summed E-state index contributed by atoms with van der Waals surface area (Å²) >= 11 is 0. The van der Waals surface area contributed by atoms with Gasteiger partial charge < -0.3 is 9.84 Å². The summed E-state index contributed by atoms with van der Waals surface area (Å²) in [5.41, 5.74) is 4.88. The Bertz CT molecular complexity index is 638. The summed E-state index contributed by atoms with van der Waals surface area (Å²) < 4.78 is 5.52. The van der Waals surface area contributed by atoms with Crippen molar-refractivity contribution in [2.24, 2.45) is 23.2 Å². The molecule has 0 radical (unpaired) electrons. The summed E-state index contributed by atoms with van der Waals surface area (Å²) in [6.45, 7) is 6.43. The summed E-state index contributed by atoms with van der Waals surface area (Å²) in [6.07, 6.45) is 14.1. The maximum absolute atomic E-state index is 10.7. The molecule has 4 aliphatic carbocycles. The molecular weight excluding hydrogens is 296 g/mol. The molecule has 2 nitrogen and oxygen atoms in total. The van der Waals surface area contributed by atoms with E-state index in [9.17, 15) is 5.11 Å². The van der Waals surface area contributed by atoms with Gasteiger partial charge in [-0.25, -0.2) is 0 Å². The van der Waals surface area contributed by atoms with Gasteiger partial charge in [0, 0.05) is 11.8 Å². The lowest BCUT2D eigenvalue weighted by Gasteiger charge is -2.52. The van der Waals surface area contributed by atoms with Crippen molar-refractivity contribution >= 4 is 0 Å². The van der Waals surface area contributed by atoms with E-state index in [2.05, 4.69) is 31.7 Å². The third kappa shape index (κ3) is 2.12. The molecule has 1 unspecified atom stereocenters. The normalized spacial score (nSPS) is 41.0. The maximum Gasteiger partial charge on any atom is 0.0959 e. The van der Waals surface area contributed by atoms with E-state index in [1.165, 1.54) is 6.42 Å². The second kappa shape index (κ2) is 5.91. The van der Waals surface area contributed by atoms with Crippen LogP contribution in [0.4, 0.5) is 0 Å². The van der Waals surface area contributed by atoms with Crippen molar-refractivity contribution in [3.05, 3.63) is 47.3 Å². The van der Waals surface area contributed by atoms with Crippen LogP contribution in [0, 0.1) is 23.2 Å². The van der Waals surface area contributed by atoms with E-state index in [0.717, 1.165) is 44.3 Å². The average molecular weight is 326 g/mol. The van der Waals surface area contributed by atoms with Crippen molar-refractivity contribution in [1.82, 2.24) is 0 Å². The number of ether oxygens (including phenoxy) is 1. The first-order chi connectivity index (χ1) is 11.6. The van der Waals surface area contributed by atoms with Crippen LogP contribution in [-0.4, -0.2) is 18.3 Å². The number of allylic oxidation sites excluding steroid dienone is 4. The van der Waals surface area contributed by atoms with E-state index in [1.54, 1.807) is 23.8 Å². The van der Waals surface area contributed by atoms with Gasteiger partial charge in [0.15, 0.2) is 0 Å². The topological polar surface area (TPSA) is 29.5 Å². The SMILES string of the molecule is C=C[C@@H]1CC2=C(CC=C(OC)C2)[C@H]2CCC3(CC)C(=CC[C@@H]3O)[C@H]12. The van der Waals surface area contributed by atoms with E-state index in [1.807, 2.05) is 0 Å². The van der Waals surface area contributed by atoms with E-state index in [4.69, 9.17) is 4.74 Å². The minimum Gasteiger partial charge on any atom is -0.501 e. The minimum atomic E-state index is -0.175. The third-order valence-corrected chi connectivity index (χ3v) is 7.45. The fraction of sp³-hybridized carbons (Fsp3) is 0.636. The number of aliphatic hydroxyl groups is 1. The van der Waals surface area contributed by atoms with Gasteiger partial charge in [0.1, 0.15) is 0 Å². The molecule has 130 valence electrons. The molecule has 4 rings (SSSR count). The molecule has 0 bridgehead atoms. The van der Waals surface area contributed by atoms with E-state index in [0.29, 0.717) is 17.8 Å². The van der Waals surface area contributed by atoms with E-state index < -0.39 is 0 Å². The molecule has 4 aliphatic rings. The van der Waals surface area contributed by atoms with Crippen LogP contribution in [0.25, 0.3) is 0 Å². The van der Waals surface area contributed by atoms with Crippen LogP contribution in [-0.2, 0) is 4.74 Å². The van der Waals surface area contributed by atoms with Gasteiger partial charge in [-0.05, 0) is 62.4 Å². The van der Waals surface area contributed by atoms with Gasteiger partial charge >= 0.3 is 0 Å². The predicted molar refractivity (Wildman–Crippen MR) is 97.3 cm³/mol. The lowest BCUT2D eigenvalue weighted by Crippen LogP contribution is -2.45. The Hall–Kier alpha value is -1.28. The summed E-state index contributed by atoms with van der Waals surface area (Å²) in [4.78, 5) is 0. The molecule has 0 aromatic heterocycles. The monoisotopic (exact) mass is 326 g/mol. The minimum absolute atomic E-state index is 0.0443. The average Bonchev–Trinajstić information content (AvgIpc) is 2.97. The van der Waals surface area contributed by atoms with Crippen LogP contribution < -0.4 is 0 Å². The zero-order valence-electron chi connectivity index (χ0n) is 15.1. The fourth-order valence-corrected chi connectivity index (χ4v) is 6.16. The highest BCUT2D eigenvalue weighted by atomic mass is 16.5. The molecule has 1 saturated carbocycles. The third-order valence-electron chi connectivity index (χ3n) is 7.45. The molecule has 2 heteroatoms. The number of fused-ring (bicyclic) bond motifs is 4. The standard InChI is InChI=1S/C22H30O2/c1-4-14-12-15-13-16(24-3)6-7-17(15)18-10-11-22(5-2)19(21(14)18)8-9-20(22)23/h4,6,8,14,18,20-21,23H,1,5,7,9-13H2,2-3H3/t14-,18-,20+,21-,22?/m1/s1. The molecule has 0 amide bonds. The number of hydrogen-bond donors (Lipinski definition) is 1. The van der Waals surface area contributed by atoms with Crippen molar-refractivity contribution in [3.8, 4) is 0 Å². The van der Waals surface area contributed by atoms with Gasteiger partial charge in [0.05, 0.1) is 19.0 Å². The Morgan fingerprint density at radius 3 is 2.96 bits per heavy atom. The highest BCUT2D eigenvalue weighted by Crippen LogP contribution is 2.61. The largest absolute Gasteiger partial charge is 0.501 e. The summed E-state index contributed by atoms with van der Waals surface area (Å²) in [5.74, 6) is 2.84. The molecule has 0 saturated heterocycles. The molecule has 1 fully saturated rings. The highest BCUT2D eigenvalue weighted by molar-refractivity contribution is 5.40. The van der Waals surface area contributed by atoms with Crippen LogP contribution in [0.15, 0.2) is 47.3 Å². The lowest BCUT2D eigenvalue weighted by atomic mass is 9.53. The van der Waals surface area contributed by atoms with Gasteiger partial charge in [-0.15, -0.1) is 6.58 Å². The predicted octanol–water partition coefficient (Wildman–Crippen LogP) is 4.93. The molecule has 0 aromatic carbocycles. The Morgan fingerprint density at radius 2 is 2.25 bits per heavy atom. The van der Waals surface area contributed by atoms with Crippen LogP contribution in [0.1, 0.15) is 51.9 Å². The van der Waals surface area contributed by atoms with Crippen molar-refractivity contribution in [1.29, 1.82) is 0 Å². The van der Waals surface area contributed by atoms with Crippen molar-refractivity contribution in [2.75, 3.05) is 7.11 Å². The van der Waals surface area contributed by atoms with Gasteiger partial charge in [-0.1, -0.05) is 35.8 Å². The van der Waals surface area contributed by atoms with E-state index in [-0.39, 0.29) is 11.5 Å². The summed E-state index contributed by atoms with van der Waals surface area (Å²) in [6, 6.07) is 0. The van der Waals surface area contributed by atoms with Crippen LogP contribution in [0.5, 0.6) is 0 Å². The number of methoxy groups -OCH3 is 1. The molecule has 5 atom stereocenters. The zero-order valence-corrected chi connectivity index (χ0v) is 15.1. The lowest BCUT2D eigenvalue weighted by molar-refractivity contribution is 0.0213. The van der Waals surface area contributed by atoms with Crippen LogP contribution in [0.2, 0.25) is 0 Å². The highest BCUT2D eigenvalue weighted by Gasteiger charge is 2.54. The van der Waals surface area contributed by atoms with Gasteiger partial charge in [-0.3, -0.25) is 0 Å². The Balaban J connectivity index is 1.72. The molecular formula is C22H30O2. The first-order valence-electron chi connectivity index (χ1n) is 9.59. The van der Waals surface area contributed by atoms with Crippen molar-refractivity contribution in [2.45, 2.75) is 58.0 Å². The Labute approximate surface area is 146 Å². The van der Waals surface area contributed by atoms with Crippen molar-refractivity contribution in [3.63, 3.8) is 0 Å². The summed E-state index contributed by atoms with van der Waals surface area (Å²) in [7, 11) is 1.79. The quantitative estimate of drug-likeness (QED) is 0.745. The molecule has 1 N–H and O–H groups in total. The molecule has 0 aromatic rings. The van der Waals surface area contributed by atoms with E-state index >= 15 is 0 Å². The zero-order chi connectivity index (χ0) is 16.9. The smallest absolute Gasteiger partial charge is 0.0959 e. The maximum atomic E-state index is 10.7. The van der Waals surface area contributed by atoms with Crippen LogP contribution >= 0.6 is 0 Å². The van der Waals surface area contributed by atoms with Crippen LogP contribution in [0.3, 0.4) is 0 Å². The molecule has 0 aliphatic heterocycles. The summed E-state index contributed by atoms with van der Waals surface area (Å²) in [5, 5.41) is 10.7. The first-order valence-corrected chi connectivity index (χ1v) is 9.59. The second-order valence-corrected chi connectivity index (χ2v) is 8.08. The molecule has 24 heavy (non-hydrogen) atoms. The number of rotatable bonds is 3. The molecule has 0 spiro atoms.